The molecule has 0 heterocycles. The highest BCUT2D eigenvalue weighted by atomic mass is 16.6. The van der Waals surface area contributed by atoms with E-state index in [1.54, 1.807) is 38.2 Å². The molecule has 1 atom stereocenters. The molecule has 0 saturated heterocycles. The highest BCUT2D eigenvalue weighted by Gasteiger charge is 2.19. The predicted molar refractivity (Wildman–Crippen MR) is 102 cm³/mol. The maximum absolute atomic E-state index is 12.3. The van der Waals surface area contributed by atoms with Crippen LogP contribution in [0, 0.1) is 10.1 Å². The Morgan fingerprint density at radius 1 is 1.15 bits per heavy atom. The Hall–Kier alpha value is -3.42. The van der Waals surface area contributed by atoms with Crippen LogP contribution in [0.5, 0.6) is 0 Å². The van der Waals surface area contributed by atoms with Crippen molar-refractivity contribution in [3.63, 3.8) is 0 Å². The first-order valence-electron chi connectivity index (χ1n) is 8.48. The van der Waals surface area contributed by atoms with E-state index in [1.807, 2.05) is 18.2 Å². The van der Waals surface area contributed by atoms with E-state index >= 15 is 0 Å². The molecule has 0 aliphatic heterocycles. The van der Waals surface area contributed by atoms with Crippen LogP contribution in [0.1, 0.15) is 24.9 Å². The third kappa shape index (κ3) is 5.81. The van der Waals surface area contributed by atoms with Crippen molar-refractivity contribution in [2.24, 2.45) is 0 Å². The Morgan fingerprint density at radius 2 is 1.85 bits per heavy atom. The monoisotopic (exact) mass is 370 g/mol. The third-order valence-corrected chi connectivity index (χ3v) is 4.19. The summed E-state index contributed by atoms with van der Waals surface area (Å²) in [4.78, 5) is 36.1. The number of nitrogens with one attached hydrogen (secondary N) is 2. The number of para-hydroxylation sites is 1. The van der Waals surface area contributed by atoms with Crippen LogP contribution < -0.4 is 10.6 Å². The zero-order valence-corrected chi connectivity index (χ0v) is 15.2. The lowest BCUT2D eigenvalue weighted by molar-refractivity contribution is -0.384. The summed E-state index contributed by atoms with van der Waals surface area (Å²) in [5.74, 6) is -0.172. The summed E-state index contributed by atoms with van der Waals surface area (Å²) in [5.41, 5.74) is 1.33. The highest BCUT2D eigenvalue weighted by molar-refractivity contribution is 5.89. The molecule has 0 radical (unpaired) electrons. The molecule has 0 fully saturated rings. The molecule has 0 bridgehead atoms. The molecule has 27 heavy (non-hydrogen) atoms. The maximum atomic E-state index is 12.3. The number of nitro groups is 1. The highest BCUT2D eigenvalue weighted by Crippen LogP contribution is 2.23. The minimum Gasteiger partial charge on any atom is -0.339 e. The summed E-state index contributed by atoms with van der Waals surface area (Å²) in [5, 5.41) is 16.2. The van der Waals surface area contributed by atoms with Gasteiger partial charge in [-0.05, 0) is 24.6 Å². The molecular weight excluding hydrogens is 348 g/mol. The van der Waals surface area contributed by atoms with Gasteiger partial charge in [-0.2, -0.15) is 0 Å². The van der Waals surface area contributed by atoms with Crippen LogP contribution in [0.2, 0.25) is 0 Å². The minimum atomic E-state index is -0.465. The molecule has 0 aromatic heterocycles. The number of carbonyl (C=O) groups excluding carboxylic acids is 2. The average Bonchev–Trinajstić information content (AvgIpc) is 2.67. The second-order valence-electron chi connectivity index (χ2n) is 6.03. The summed E-state index contributed by atoms with van der Waals surface area (Å²) < 4.78 is 0. The van der Waals surface area contributed by atoms with Crippen LogP contribution in [-0.2, 0) is 4.79 Å². The number of urea groups is 1. The molecule has 8 nitrogen and oxygen atoms in total. The summed E-state index contributed by atoms with van der Waals surface area (Å²) in [6.45, 7) is 1.98. The lowest BCUT2D eigenvalue weighted by Gasteiger charge is -2.25. The molecule has 2 aromatic carbocycles. The lowest BCUT2D eigenvalue weighted by Crippen LogP contribution is -2.35. The summed E-state index contributed by atoms with van der Waals surface area (Å²) >= 11 is 0. The van der Waals surface area contributed by atoms with Crippen LogP contribution >= 0.6 is 0 Å². The lowest BCUT2D eigenvalue weighted by atomic mass is 10.1. The molecule has 142 valence electrons. The van der Waals surface area contributed by atoms with Gasteiger partial charge in [0.1, 0.15) is 0 Å². The first kappa shape index (κ1) is 19.9. The summed E-state index contributed by atoms with van der Waals surface area (Å²) in [6.07, 6.45) is 0.123. The van der Waals surface area contributed by atoms with Gasteiger partial charge >= 0.3 is 6.03 Å². The third-order valence-electron chi connectivity index (χ3n) is 4.19. The van der Waals surface area contributed by atoms with Gasteiger partial charge in [0, 0.05) is 37.8 Å². The van der Waals surface area contributed by atoms with Gasteiger partial charge in [0.15, 0.2) is 0 Å². The number of nitrogens with zero attached hydrogens (tertiary/aromatic N) is 2. The van der Waals surface area contributed by atoms with Gasteiger partial charge in [0.05, 0.1) is 11.0 Å². The smallest absolute Gasteiger partial charge is 0.319 e. The molecule has 8 heteroatoms. The average molecular weight is 370 g/mol. The van der Waals surface area contributed by atoms with E-state index in [2.05, 4.69) is 10.6 Å². The fourth-order valence-electron chi connectivity index (χ4n) is 2.49. The van der Waals surface area contributed by atoms with Crippen molar-refractivity contribution >= 4 is 23.3 Å². The second-order valence-corrected chi connectivity index (χ2v) is 6.03. The number of non-ortho nitro benzene ring substituents is 1. The van der Waals surface area contributed by atoms with E-state index in [-0.39, 0.29) is 36.6 Å². The van der Waals surface area contributed by atoms with Crippen molar-refractivity contribution in [2.75, 3.05) is 18.9 Å². The van der Waals surface area contributed by atoms with Gasteiger partial charge in [-0.25, -0.2) is 4.79 Å². The quantitative estimate of drug-likeness (QED) is 0.576. The van der Waals surface area contributed by atoms with Crippen LogP contribution in [0.15, 0.2) is 54.6 Å². The molecule has 0 saturated carbocycles. The van der Waals surface area contributed by atoms with Crippen molar-refractivity contribution in [2.45, 2.75) is 19.4 Å². The molecule has 0 unspecified atom stereocenters. The molecule has 0 aliphatic carbocycles. The zero-order chi connectivity index (χ0) is 19.8. The van der Waals surface area contributed by atoms with Gasteiger partial charge in [-0.1, -0.05) is 30.3 Å². The van der Waals surface area contributed by atoms with Crippen molar-refractivity contribution in [3.05, 3.63) is 70.3 Å². The Morgan fingerprint density at radius 3 is 2.52 bits per heavy atom. The number of anilines is 1. The Bertz CT molecular complexity index is 810. The summed E-state index contributed by atoms with van der Waals surface area (Å²) in [6, 6.07) is 14.5. The van der Waals surface area contributed by atoms with Gasteiger partial charge in [0.2, 0.25) is 5.91 Å². The van der Waals surface area contributed by atoms with Crippen molar-refractivity contribution in [3.8, 4) is 0 Å². The Labute approximate surface area is 157 Å². The molecule has 0 aliphatic rings. The fraction of sp³-hybridized carbons (Fsp3) is 0.263. The van der Waals surface area contributed by atoms with Crippen molar-refractivity contribution in [1.82, 2.24) is 10.2 Å². The maximum Gasteiger partial charge on any atom is 0.319 e. The normalized spacial score (nSPS) is 11.3. The van der Waals surface area contributed by atoms with Gasteiger partial charge < -0.3 is 15.5 Å². The number of hydrogen-bond acceptors (Lipinski definition) is 4. The van der Waals surface area contributed by atoms with Gasteiger partial charge in [-0.3, -0.25) is 14.9 Å². The number of hydrogen-bond donors (Lipinski definition) is 2. The largest absolute Gasteiger partial charge is 0.339 e. The van der Waals surface area contributed by atoms with E-state index in [0.29, 0.717) is 11.3 Å². The van der Waals surface area contributed by atoms with Crippen LogP contribution in [0.25, 0.3) is 0 Å². The van der Waals surface area contributed by atoms with Crippen molar-refractivity contribution < 1.29 is 14.5 Å². The molecular formula is C19H22N4O4. The van der Waals surface area contributed by atoms with E-state index in [0.717, 1.165) is 0 Å². The second kappa shape index (κ2) is 9.33. The number of nitro benzene ring substituents is 1. The van der Waals surface area contributed by atoms with Crippen LogP contribution in [0.4, 0.5) is 16.2 Å². The first-order chi connectivity index (χ1) is 12.9. The molecule has 0 spiro atoms. The SMILES string of the molecule is C[C@@H](c1cccc([N+](=O)[O-])c1)N(C)C(=O)CCNC(=O)Nc1ccccc1. The van der Waals surface area contributed by atoms with Crippen LogP contribution in [0.3, 0.4) is 0 Å². The Kier molecular flexibility index (Phi) is 6.87. The first-order valence-corrected chi connectivity index (χ1v) is 8.48. The number of rotatable bonds is 7. The van der Waals surface area contributed by atoms with E-state index in [9.17, 15) is 19.7 Å². The zero-order valence-electron chi connectivity index (χ0n) is 15.2. The molecule has 3 amide bonds. The van der Waals surface area contributed by atoms with E-state index in [4.69, 9.17) is 0 Å². The van der Waals surface area contributed by atoms with Crippen LogP contribution in [-0.4, -0.2) is 35.4 Å². The minimum absolute atomic E-state index is 0.0144. The van der Waals surface area contributed by atoms with Gasteiger partial charge in [0.25, 0.3) is 5.69 Å². The number of amides is 3. The molecule has 2 aromatic rings. The topological polar surface area (TPSA) is 105 Å². The number of benzene rings is 2. The molecule has 2 rings (SSSR count). The Balaban J connectivity index is 1.83. The number of carbonyl (C=O) groups is 2. The predicted octanol–water partition coefficient (Wildman–Crippen LogP) is 3.33. The fourth-order valence-corrected chi connectivity index (χ4v) is 2.49. The van der Waals surface area contributed by atoms with E-state index in [1.165, 1.54) is 17.0 Å². The standard InChI is InChI=1S/C19H22N4O4/c1-14(15-7-6-10-17(13-15)23(26)27)22(2)18(24)11-12-20-19(25)21-16-8-4-3-5-9-16/h3-10,13-14H,11-12H2,1-2H3,(H2,20,21,25)/t14-/m0/s1. The molecule has 2 N–H and O–H groups in total. The van der Waals surface area contributed by atoms with E-state index < -0.39 is 4.92 Å². The summed E-state index contributed by atoms with van der Waals surface area (Å²) in [7, 11) is 1.63. The van der Waals surface area contributed by atoms with Crippen molar-refractivity contribution in [1.29, 1.82) is 0 Å². The van der Waals surface area contributed by atoms with Gasteiger partial charge in [-0.15, -0.1) is 0 Å².